The van der Waals surface area contributed by atoms with E-state index in [1.165, 1.54) is 16.7 Å². The predicted molar refractivity (Wildman–Crippen MR) is 242 cm³/mol. The number of hydrogen-bond donors (Lipinski definition) is 3. The molecule has 318 valence electrons. The molecule has 3 aromatic carbocycles. The van der Waals surface area contributed by atoms with Crippen LogP contribution in [0.3, 0.4) is 0 Å². The van der Waals surface area contributed by atoms with E-state index in [1.807, 2.05) is 0 Å². The summed E-state index contributed by atoms with van der Waals surface area (Å²) < 4.78 is 0. The van der Waals surface area contributed by atoms with E-state index in [0.29, 0.717) is 36.9 Å². The van der Waals surface area contributed by atoms with E-state index in [4.69, 9.17) is 0 Å². The Morgan fingerprint density at radius 2 is 0.526 bits per heavy atom. The summed E-state index contributed by atoms with van der Waals surface area (Å²) in [4.78, 5) is 7.49. The van der Waals surface area contributed by atoms with Crippen LogP contribution >= 0.6 is 0 Å². The molecule has 6 nitrogen and oxygen atoms in total. The largest absolute Gasteiger partial charge is 0.507 e. The molecule has 0 atom stereocenters. The number of nitrogens with zero attached hydrogens (tertiary/aromatic N) is 3. The molecule has 6 heteroatoms. The minimum absolute atomic E-state index is 0.0607. The van der Waals surface area contributed by atoms with Crippen LogP contribution < -0.4 is 0 Å². The minimum atomic E-state index is -0.202. The monoisotopic (exact) mass is 784 g/mol. The molecule has 3 N–H and O–H groups in total. The third kappa shape index (κ3) is 11.8. The van der Waals surface area contributed by atoms with E-state index < -0.39 is 0 Å². The highest BCUT2D eigenvalue weighted by atomic mass is 16.3. The lowest BCUT2D eigenvalue weighted by Crippen LogP contribution is -2.35. The topological polar surface area (TPSA) is 70.4 Å². The Bertz CT molecular complexity index is 1640. The Hall–Kier alpha value is -3.06. The number of benzene rings is 3. The van der Waals surface area contributed by atoms with Gasteiger partial charge in [0.1, 0.15) is 17.2 Å². The fourth-order valence-electron chi connectivity index (χ4n) is 7.84. The van der Waals surface area contributed by atoms with Gasteiger partial charge < -0.3 is 15.3 Å². The first-order valence-corrected chi connectivity index (χ1v) is 21.5. The quantitative estimate of drug-likeness (QED) is 0.231. The van der Waals surface area contributed by atoms with E-state index in [2.05, 4.69) is 176 Å². The second-order valence-corrected chi connectivity index (χ2v) is 23.4. The van der Waals surface area contributed by atoms with Crippen molar-refractivity contribution in [3.05, 3.63) is 86.5 Å². The van der Waals surface area contributed by atoms with Crippen molar-refractivity contribution in [2.45, 2.75) is 177 Å². The lowest BCUT2D eigenvalue weighted by Gasteiger charge is -2.31. The highest BCUT2D eigenvalue weighted by Crippen LogP contribution is 2.41. The van der Waals surface area contributed by atoms with Gasteiger partial charge in [0.2, 0.25) is 0 Å². The molecule has 0 radical (unpaired) electrons. The maximum absolute atomic E-state index is 11.8. The summed E-state index contributed by atoms with van der Waals surface area (Å²) in [5.41, 5.74) is 8.81. The summed E-state index contributed by atoms with van der Waals surface area (Å²) in [6, 6.07) is 13.3. The highest BCUT2D eigenvalue weighted by molar-refractivity contribution is 5.51. The second kappa shape index (κ2) is 16.5. The molecule has 0 amide bonds. The molecule has 1 aliphatic rings. The molecule has 0 spiro atoms. The molecule has 1 saturated heterocycles. The molecule has 0 unspecified atom stereocenters. The first kappa shape index (κ1) is 46.6. The molecule has 0 aliphatic carbocycles. The van der Waals surface area contributed by atoms with Gasteiger partial charge in [-0.1, -0.05) is 161 Å². The lowest BCUT2D eigenvalue weighted by atomic mass is 9.79. The average molecular weight is 784 g/mol. The van der Waals surface area contributed by atoms with Gasteiger partial charge in [0.25, 0.3) is 0 Å². The summed E-state index contributed by atoms with van der Waals surface area (Å²) in [6.07, 6.45) is 0. The van der Waals surface area contributed by atoms with Gasteiger partial charge in [-0.05, 0) is 65.9 Å². The number of hydrogen-bond acceptors (Lipinski definition) is 6. The maximum Gasteiger partial charge on any atom is 0.123 e. The number of phenols is 3. The van der Waals surface area contributed by atoms with Crippen LogP contribution in [0.1, 0.15) is 175 Å². The van der Waals surface area contributed by atoms with Crippen molar-refractivity contribution in [1.29, 1.82) is 0 Å². The van der Waals surface area contributed by atoms with E-state index in [9.17, 15) is 15.3 Å². The van der Waals surface area contributed by atoms with Crippen molar-refractivity contribution in [2.75, 3.05) is 39.3 Å². The van der Waals surface area contributed by atoms with Crippen LogP contribution in [0, 0.1) is 0 Å². The van der Waals surface area contributed by atoms with Crippen molar-refractivity contribution in [3.8, 4) is 17.2 Å². The number of phenolic OH excluding ortho intramolecular Hbond substituents is 3. The summed E-state index contributed by atoms with van der Waals surface area (Å²) in [6.45, 7) is 46.7. The first-order valence-electron chi connectivity index (χ1n) is 21.5. The smallest absolute Gasteiger partial charge is 0.123 e. The van der Waals surface area contributed by atoms with Crippen molar-refractivity contribution in [3.63, 3.8) is 0 Å². The molecule has 0 saturated carbocycles. The molecule has 57 heavy (non-hydrogen) atoms. The Morgan fingerprint density at radius 3 is 0.684 bits per heavy atom. The van der Waals surface area contributed by atoms with Gasteiger partial charge in [-0.15, -0.1) is 0 Å². The van der Waals surface area contributed by atoms with Crippen LogP contribution in [-0.4, -0.2) is 69.3 Å². The van der Waals surface area contributed by atoms with Crippen LogP contribution in [0.5, 0.6) is 17.2 Å². The van der Waals surface area contributed by atoms with Gasteiger partial charge in [-0.3, -0.25) is 14.7 Å². The van der Waals surface area contributed by atoms with E-state index >= 15 is 0 Å². The Labute approximate surface area is 348 Å². The van der Waals surface area contributed by atoms with Crippen molar-refractivity contribution < 1.29 is 15.3 Å². The molecule has 0 aromatic heterocycles. The van der Waals surface area contributed by atoms with Gasteiger partial charge in [-0.2, -0.15) is 0 Å². The van der Waals surface area contributed by atoms with Gasteiger partial charge in [-0.25, -0.2) is 0 Å². The first-order chi connectivity index (χ1) is 25.8. The summed E-state index contributed by atoms with van der Waals surface area (Å²) in [5, 5.41) is 35.5. The Kier molecular flexibility index (Phi) is 13.5. The van der Waals surface area contributed by atoms with E-state index in [0.717, 1.165) is 72.6 Å². The SMILES string of the molecule is CC(C)(C)c1cc(CN2CCN(Cc3cc(C(C)(C)C)cc(C(C)(C)C)c3O)CCN(Cc3cc(C(C)(C)C)cc(C(C)(C)C)c3O)CC2)c(O)c(C(C)(C)C)c1. The second-order valence-electron chi connectivity index (χ2n) is 23.4. The van der Waals surface area contributed by atoms with Crippen molar-refractivity contribution in [2.24, 2.45) is 0 Å². The summed E-state index contributed by atoms with van der Waals surface area (Å²) in [7, 11) is 0. The van der Waals surface area contributed by atoms with E-state index in [-0.39, 0.29) is 32.5 Å². The highest BCUT2D eigenvalue weighted by Gasteiger charge is 2.30. The maximum atomic E-state index is 11.8. The summed E-state index contributed by atoms with van der Waals surface area (Å²) in [5.74, 6) is 1.21. The third-order valence-corrected chi connectivity index (χ3v) is 12.0. The molecule has 1 heterocycles. The predicted octanol–water partition coefficient (Wildman–Crippen LogP) is 11.4. The van der Waals surface area contributed by atoms with Crippen molar-refractivity contribution in [1.82, 2.24) is 14.7 Å². The van der Waals surface area contributed by atoms with Gasteiger partial charge in [0.05, 0.1) is 0 Å². The Morgan fingerprint density at radius 1 is 0.333 bits per heavy atom. The summed E-state index contributed by atoms with van der Waals surface area (Å²) >= 11 is 0. The van der Waals surface area contributed by atoms with E-state index in [1.54, 1.807) is 0 Å². The molecule has 3 aromatic rings. The molecular weight excluding hydrogens is 703 g/mol. The standard InChI is InChI=1S/C51H81N3O3/c1-46(2,3)37-25-34(43(55)40(28-37)49(10,11)12)31-52-19-21-53(32-35-26-38(47(4,5)6)29-41(44(35)56)50(13,14)15)23-24-54(22-20-52)33-36-27-39(48(7,8)9)30-42(45(36)57)51(16,17)18/h25-30,55-57H,19-24,31-33H2,1-18H3. The molecule has 1 aliphatic heterocycles. The van der Waals surface area contributed by atoms with Crippen LogP contribution in [0.25, 0.3) is 0 Å². The fraction of sp³-hybridized carbons (Fsp3) is 0.647. The van der Waals surface area contributed by atoms with Crippen LogP contribution in [0.2, 0.25) is 0 Å². The van der Waals surface area contributed by atoms with Crippen LogP contribution in [0.4, 0.5) is 0 Å². The number of aromatic hydroxyl groups is 3. The van der Waals surface area contributed by atoms with Crippen molar-refractivity contribution >= 4 is 0 Å². The van der Waals surface area contributed by atoms with Gasteiger partial charge in [0, 0.05) is 75.6 Å². The third-order valence-electron chi connectivity index (χ3n) is 12.0. The Balaban J connectivity index is 1.80. The lowest BCUT2D eigenvalue weighted by molar-refractivity contribution is 0.206. The normalized spacial score (nSPS) is 16.7. The zero-order valence-electron chi connectivity index (χ0n) is 39.5. The molecular formula is C51H81N3O3. The van der Waals surface area contributed by atoms with Gasteiger partial charge >= 0.3 is 0 Å². The minimum Gasteiger partial charge on any atom is -0.507 e. The number of rotatable bonds is 6. The van der Waals surface area contributed by atoms with Crippen LogP contribution in [0.15, 0.2) is 36.4 Å². The average Bonchev–Trinajstić information content (AvgIpc) is 3.11. The molecule has 0 bridgehead atoms. The fourth-order valence-corrected chi connectivity index (χ4v) is 7.84. The molecule has 1 fully saturated rings. The zero-order chi connectivity index (χ0) is 43.3. The van der Waals surface area contributed by atoms with Crippen LogP contribution in [-0.2, 0) is 52.1 Å². The van der Waals surface area contributed by atoms with Gasteiger partial charge in [0.15, 0.2) is 0 Å². The molecule has 4 rings (SSSR count). The zero-order valence-corrected chi connectivity index (χ0v) is 39.5.